The van der Waals surface area contributed by atoms with Crippen LogP contribution in [-0.4, -0.2) is 19.1 Å². The third-order valence-corrected chi connectivity index (χ3v) is 4.18. The summed E-state index contributed by atoms with van der Waals surface area (Å²) in [6.07, 6.45) is 3.88. The monoisotopic (exact) mass is 276 g/mol. The second-order valence-electron chi connectivity index (χ2n) is 5.64. The van der Waals surface area contributed by atoms with Crippen LogP contribution >= 0.6 is 0 Å². The molecular weight excluding hydrogens is 252 g/mol. The van der Waals surface area contributed by atoms with Gasteiger partial charge < -0.3 is 15.8 Å². The molecule has 4 nitrogen and oxygen atoms in total. The smallest absolute Gasteiger partial charge is 0.220 e. The molecule has 0 unspecified atom stereocenters. The Kier molecular flexibility index (Phi) is 5.01. The molecule has 0 radical (unpaired) electrons. The van der Waals surface area contributed by atoms with E-state index in [4.69, 9.17) is 10.5 Å². The highest BCUT2D eigenvalue weighted by Crippen LogP contribution is 2.24. The molecule has 0 heterocycles. The summed E-state index contributed by atoms with van der Waals surface area (Å²) in [7, 11) is 1.69. The lowest BCUT2D eigenvalue weighted by Gasteiger charge is -2.27. The van der Waals surface area contributed by atoms with E-state index < -0.39 is 0 Å². The van der Waals surface area contributed by atoms with Crippen molar-refractivity contribution in [1.29, 1.82) is 0 Å². The molecule has 0 aliphatic heterocycles. The second-order valence-corrected chi connectivity index (χ2v) is 5.64. The maximum Gasteiger partial charge on any atom is 0.220 e. The second kappa shape index (κ2) is 6.75. The molecule has 1 amide bonds. The minimum absolute atomic E-state index is 0.0799. The normalized spacial score (nSPS) is 22.5. The van der Waals surface area contributed by atoms with Gasteiger partial charge in [0.25, 0.3) is 0 Å². The number of aryl methyl sites for hydroxylation is 1. The first-order valence-electron chi connectivity index (χ1n) is 7.26. The Bertz CT molecular complexity index is 466. The number of hydrogen-bond donors (Lipinski definition) is 2. The number of rotatable bonds is 5. The Hall–Kier alpha value is -1.55. The summed E-state index contributed by atoms with van der Waals surface area (Å²) in [6.45, 7) is 2.91. The SMILES string of the molecule is COc1ccc(CNC2CCC(C(N)=O)CC2)cc1C. The fourth-order valence-electron chi connectivity index (χ4n) is 2.89. The van der Waals surface area contributed by atoms with Crippen molar-refractivity contribution in [2.24, 2.45) is 11.7 Å². The molecule has 1 aliphatic rings. The number of benzene rings is 1. The van der Waals surface area contributed by atoms with Gasteiger partial charge in [0.15, 0.2) is 0 Å². The van der Waals surface area contributed by atoms with E-state index >= 15 is 0 Å². The van der Waals surface area contributed by atoms with Gasteiger partial charge in [0, 0.05) is 18.5 Å². The van der Waals surface area contributed by atoms with Crippen LogP contribution in [-0.2, 0) is 11.3 Å². The molecule has 20 heavy (non-hydrogen) atoms. The van der Waals surface area contributed by atoms with Gasteiger partial charge in [0.2, 0.25) is 5.91 Å². The van der Waals surface area contributed by atoms with E-state index in [9.17, 15) is 4.79 Å². The third-order valence-electron chi connectivity index (χ3n) is 4.18. The van der Waals surface area contributed by atoms with Crippen LogP contribution in [0.25, 0.3) is 0 Å². The van der Waals surface area contributed by atoms with Gasteiger partial charge in [-0.25, -0.2) is 0 Å². The van der Waals surface area contributed by atoms with Gasteiger partial charge in [-0.05, 0) is 49.8 Å². The average Bonchev–Trinajstić information content (AvgIpc) is 2.45. The molecule has 1 fully saturated rings. The molecule has 1 aromatic carbocycles. The Balaban J connectivity index is 1.81. The molecule has 2 rings (SSSR count). The van der Waals surface area contributed by atoms with Crippen molar-refractivity contribution in [3.63, 3.8) is 0 Å². The Morgan fingerprint density at radius 2 is 2.05 bits per heavy atom. The first-order chi connectivity index (χ1) is 9.60. The number of nitrogens with two attached hydrogens (primary N) is 1. The van der Waals surface area contributed by atoms with Crippen molar-refractivity contribution in [3.05, 3.63) is 29.3 Å². The van der Waals surface area contributed by atoms with E-state index in [1.807, 2.05) is 6.07 Å². The number of hydrogen-bond acceptors (Lipinski definition) is 3. The number of carbonyl (C=O) groups is 1. The van der Waals surface area contributed by atoms with Crippen molar-refractivity contribution in [2.75, 3.05) is 7.11 Å². The van der Waals surface area contributed by atoms with Crippen molar-refractivity contribution in [3.8, 4) is 5.75 Å². The van der Waals surface area contributed by atoms with Crippen molar-refractivity contribution >= 4 is 5.91 Å². The Labute approximate surface area is 120 Å². The van der Waals surface area contributed by atoms with Crippen molar-refractivity contribution in [2.45, 2.75) is 45.2 Å². The molecule has 0 aromatic heterocycles. The molecule has 4 heteroatoms. The molecule has 3 N–H and O–H groups in total. The number of nitrogens with one attached hydrogen (secondary N) is 1. The highest BCUT2D eigenvalue weighted by atomic mass is 16.5. The molecule has 0 atom stereocenters. The zero-order chi connectivity index (χ0) is 14.5. The van der Waals surface area contributed by atoms with Crippen LogP contribution in [0.15, 0.2) is 18.2 Å². The summed E-state index contributed by atoms with van der Waals surface area (Å²) >= 11 is 0. The van der Waals surface area contributed by atoms with E-state index in [1.165, 1.54) is 5.56 Å². The van der Waals surface area contributed by atoms with Gasteiger partial charge in [-0.2, -0.15) is 0 Å². The van der Waals surface area contributed by atoms with Crippen LogP contribution in [0, 0.1) is 12.8 Å². The number of carbonyl (C=O) groups excluding carboxylic acids is 1. The van der Waals surface area contributed by atoms with Gasteiger partial charge in [0.05, 0.1) is 7.11 Å². The average molecular weight is 276 g/mol. The van der Waals surface area contributed by atoms with E-state index in [-0.39, 0.29) is 11.8 Å². The van der Waals surface area contributed by atoms with Gasteiger partial charge in [-0.3, -0.25) is 4.79 Å². The lowest BCUT2D eigenvalue weighted by molar-refractivity contribution is -0.122. The first-order valence-corrected chi connectivity index (χ1v) is 7.26. The van der Waals surface area contributed by atoms with E-state index in [0.29, 0.717) is 6.04 Å². The standard InChI is InChI=1S/C16H24N2O2/c1-11-9-12(3-8-15(11)20-2)10-18-14-6-4-13(5-7-14)16(17)19/h3,8-9,13-14,18H,4-7,10H2,1-2H3,(H2,17,19). The minimum atomic E-state index is -0.144. The van der Waals surface area contributed by atoms with Crippen LogP contribution in [0.5, 0.6) is 5.75 Å². The largest absolute Gasteiger partial charge is 0.496 e. The molecule has 110 valence electrons. The quantitative estimate of drug-likeness (QED) is 0.866. The van der Waals surface area contributed by atoms with Crippen LogP contribution in [0.3, 0.4) is 0 Å². The van der Waals surface area contributed by atoms with Crippen LogP contribution in [0.4, 0.5) is 0 Å². The third kappa shape index (κ3) is 3.73. The number of methoxy groups -OCH3 is 1. The predicted octanol–water partition coefficient (Wildman–Crippen LogP) is 2.14. The summed E-state index contributed by atoms with van der Waals surface area (Å²) in [6, 6.07) is 6.75. The topological polar surface area (TPSA) is 64.3 Å². The summed E-state index contributed by atoms with van der Waals surface area (Å²) in [5, 5.41) is 3.57. The summed E-state index contributed by atoms with van der Waals surface area (Å²) in [5.74, 6) is 0.862. The molecular formula is C16H24N2O2. The van der Waals surface area contributed by atoms with E-state index in [1.54, 1.807) is 7.11 Å². The number of primary amides is 1. The van der Waals surface area contributed by atoms with Gasteiger partial charge >= 0.3 is 0 Å². The molecule has 0 bridgehead atoms. The maximum absolute atomic E-state index is 11.1. The summed E-state index contributed by atoms with van der Waals surface area (Å²) < 4.78 is 5.26. The van der Waals surface area contributed by atoms with Gasteiger partial charge in [0.1, 0.15) is 5.75 Å². The molecule has 0 spiro atoms. The van der Waals surface area contributed by atoms with E-state index in [2.05, 4.69) is 24.4 Å². The van der Waals surface area contributed by atoms with Crippen LogP contribution in [0.1, 0.15) is 36.8 Å². The molecule has 1 saturated carbocycles. The van der Waals surface area contributed by atoms with E-state index in [0.717, 1.165) is 43.5 Å². The first kappa shape index (κ1) is 14.9. The van der Waals surface area contributed by atoms with Crippen LogP contribution in [0.2, 0.25) is 0 Å². The molecule has 1 aromatic rings. The van der Waals surface area contributed by atoms with Crippen molar-refractivity contribution in [1.82, 2.24) is 5.32 Å². The fraction of sp³-hybridized carbons (Fsp3) is 0.562. The summed E-state index contributed by atoms with van der Waals surface area (Å²) in [5.41, 5.74) is 7.77. The number of amides is 1. The molecule has 1 aliphatic carbocycles. The lowest BCUT2D eigenvalue weighted by Crippen LogP contribution is -2.36. The lowest BCUT2D eigenvalue weighted by atomic mass is 9.85. The van der Waals surface area contributed by atoms with Gasteiger partial charge in [-0.1, -0.05) is 12.1 Å². The molecule has 0 saturated heterocycles. The van der Waals surface area contributed by atoms with Gasteiger partial charge in [-0.15, -0.1) is 0 Å². The maximum atomic E-state index is 11.1. The fourth-order valence-corrected chi connectivity index (χ4v) is 2.89. The Morgan fingerprint density at radius 1 is 1.35 bits per heavy atom. The highest BCUT2D eigenvalue weighted by Gasteiger charge is 2.24. The number of ether oxygens (including phenoxy) is 1. The highest BCUT2D eigenvalue weighted by molar-refractivity contribution is 5.76. The Morgan fingerprint density at radius 3 is 2.60 bits per heavy atom. The minimum Gasteiger partial charge on any atom is -0.496 e. The predicted molar refractivity (Wildman–Crippen MR) is 79.5 cm³/mol. The van der Waals surface area contributed by atoms with Crippen molar-refractivity contribution < 1.29 is 9.53 Å². The zero-order valence-corrected chi connectivity index (χ0v) is 12.3. The van der Waals surface area contributed by atoms with Crippen LogP contribution < -0.4 is 15.8 Å². The zero-order valence-electron chi connectivity index (χ0n) is 12.3. The summed E-state index contributed by atoms with van der Waals surface area (Å²) in [4.78, 5) is 11.1.